The predicted octanol–water partition coefficient (Wildman–Crippen LogP) is 10.6. The summed E-state index contributed by atoms with van der Waals surface area (Å²) in [5.74, 6) is -2.36. The molecule has 0 aliphatic carbocycles. The van der Waals surface area contributed by atoms with Crippen LogP contribution in [0.15, 0.2) is 30.4 Å². The maximum Gasteiger partial charge on any atom is 0.412 e. The van der Waals surface area contributed by atoms with Crippen molar-refractivity contribution in [2.24, 2.45) is 0 Å². The summed E-state index contributed by atoms with van der Waals surface area (Å²) in [7, 11) is 0. The summed E-state index contributed by atoms with van der Waals surface area (Å²) in [6.45, 7) is 10.0. The molecule has 4 saturated heterocycles. The Labute approximate surface area is 367 Å². The Morgan fingerprint density at radius 2 is 1.81 bits per heavy atom. The Balaban J connectivity index is 1.31. The molecule has 2 aromatic carbocycles. The van der Waals surface area contributed by atoms with E-state index in [1.54, 1.807) is 41.5 Å². The number of nitrogens with one attached hydrogen (secondary N) is 1. The Morgan fingerprint density at radius 3 is 2.48 bits per heavy atom. The van der Waals surface area contributed by atoms with Gasteiger partial charge < -0.3 is 19.1 Å². The lowest BCUT2D eigenvalue weighted by molar-refractivity contribution is 0.00164. The summed E-state index contributed by atoms with van der Waals surface area (Å²) >= 11 is 0.629. The minimum absolute atomic E-state index is 0.0602. The normalized spacial score (nSPS) is 23.5. The highest BCUT2D eigenvalue weighted by molar-refractivity contribution is 7.23. The molecule has 6 heterocycles. The van der Waals surface area contributed by atoms with Gasteiger partial charge in [0.2, 0.25) is 0 Å². The second-order valence-corrected chi connectivity index (χ2v) is 19.9. The molecule has 4 aromatic rings. The number of nitrogens with zero attached hydrogens (tertiary/aromatic N) is 6. The van der Waals surface area contributed by atoms with Crippen LogP contribution in [-0.2, 0) is 9.47 Å². The number of aromatic nitrogens is 2. The second kappa shape index (κ2) is 16.2. The van der Waals surface area contributed by atoms with Crippen LogP contribution in [-0.4, -0.2) is 99.2 Å². The fourth-order valence-corrected chi connectivity index (χ4v) is 10.8. The SMILES string of the molecule is CC(C)(C)OC(=O)Nc1sc2c(F)ccc(-c3c(C(F)F)cc4c(N5CC6CCC(C=C(F)F)(C5)N6C(=O)OC(C)(C)C)nc(OC[C@@]56CCCN5C[C@H](F)C6)nc4c3F)c2c1C#N. The average molecular weight is 918 g/mol. The number of rotatable bonds is 8. The maximum atomic E-state index is 17.7. The van der Waals surface area contributed by atoms with Gasteiger partial charge in [0, 0.05) is 54.0 Å². The molecule has 2 aromatic heterocycles. The molecular weight excluding hydrogens is 872 g/mol. The lowest BCUT2D eigenvalue weighted by Crippen LogP contribution is -2.63. The molecular formula is C44H46F7N7O5S. The average Bonchev–Trinajstić information content (AvgIpc) is 3.89. The van der Waals surface area contributed by atoms with Gasteiger partial charge in [-0.1, -0.05) is 6.07 Å². The second-order valence-electron chi connectivity index (χ2n) is 18.9. The lowest BCUT2D eigenvalue weighted by atomic mass is 9.92. The Kier molecular flexibility index (Phi) is 11.5. The van der Waals surface area contributed by atoms with E-state index in [0.29, 0.717) is 30.4 Å². The van der Waals surface area contributed by atoms with Crippen LogP contribution in [0.4, 0.5) is 51.1 Å². The number of hydrogen-bond acceptors (Lipinski definition) is 11. The summed E-state index contributed by atoms with van der Waals surface area (Å²) in [6.07, 6.45) is -5.88. The van der Waals surface area contributed by atoms with Crippen LogP contribution in [0, 0.1) is 23.0 Å². The number of nitriles is 1. The summed E-state index contributed by atoms with van der Waals surface area (Å²) in [5.41, 5.74) is -7.11. The standard InChI is InChI=1S/C44H46F7N7O5S/c1-41(2,3)62-39(59)55-37-27(17-52)31-24(8-9-28(46)34(31)64-37)30-25(35(50)51)14-26-33(32(30)49)53-38(61-21-44-11-7-13-57(44)18-22(45)15-44)54-36(26)56-19-23-10-12-43(20-56,16-29(47)48)58(23)40(60)63-42(4,5)6/h8-9,14,16,22-23,35H,7,10-13,15,18-21H2,1-6H3,(H,55,59)/t22-,23?,43?,44+/m1/s1. The Bertz CT molecular complexity index is 2620. The van der Waals surface area contributed by atoms with Crippen molar-refractivity contribution in [2.45, 2.75) is 115 Å². The molecule has 4 aliphatic rings. The van der Waals surface area contributed by atoms with E-state index in [2.05, 4.69) is 15.3 Å². The molecule has 4 atom stereocenters. The molecule has 1 N–H and O–H groups in total. The molecule has 0 saturated carbocycles. The number of ether oxygens (including phenoxy) is 3. The number of alkyl halides is 3. The molecule has 2 unspecified atom stereocenters. The van der Waals surface area contributed by atoms with Gasteiger partial charge in [0.05, 0.1) is 27.4 Å². The van der Waals surface area contributed by atoms with Gasteiger partial charge in [-0.3, -0.25) is 15.1 Å². The summed E-state index contributed by atoms with van der Waals surface area (Å²) in [6, 6.07) is 3.69. The largest absolute Gasteiger partial charge is 0.461 e. The quantitative estimate of drug-likeness (QED) is 0.170. The number of carbonyl (C=O) groups excluding carboxylic acids is 2. The molecule has 4 aliphatic heterocycles. The number of fused-ring (bicyclic) bond motifs is 5. The minimum Gasteiger partial charge on any atom is -0.461 e. The molecule has 12 nitrogen and oxygen atoms in total. The van der Waals surface area contributed by atoms with E-state index < -0.39 is 93.5 Å². The van der Waals surface area contributed by atoms with Gasteiger partial charge in [0.1, 0.15) is 52.2 Å². The van der Waals surface area contributed by atoms with E-state index >= 15 is 17.6 Å². The first-order valence-electron chi connectivity index (χ1n) is 20.8. The van der Waals surface area contributed by atoms with Gasteiger partial charge in [-0.25, -0.2) is 31.5 Å². The molecule has 0 radical (unpaired) electrons. The van der Waals surface area contributed by atoms with Crippen molar-refractivity contribution >= 4 is 55.3 Å². The highest BCUT2D eigenvalue weighted by Gasteiger charge is 2.55. The first-order chi connectivity index (χ1) is 30.0. The summed E-state index contributed by atoms with van der Waals surface area (Å²) in [4.78, 5) is 40.2. The highest BCUT2D eigenvalue weighted by atomic mass is 32.1. The van der Waals surface area contributed by atoms with Crippen molar-refractivity contribution in [3.63, 3.8) is 0 Å². The van der Waals surface area contributed by atoms with Crippen LogP contribution in [0.5, 0.6) is 6.01 Å². The van der Waals surface area contributed by atoms with Crippen molar-refractivity contribution in [1.82, 2.24) is 19.8 Å². The number of halogens is 7. The van der Waals surface area contributed by atoms with Crippen LogP contribution >= 0.6 is 11.3 Å². The zero-order valence-electron chi connectivity index (χ0n) is 35.9. The van der Waals surface area contributed by atoms with Crippen LogP contribution in [0.2, 0.25) is 0 Å². The fraction of sp³-hybridized carbons (Fsp3) is 0.523. The van der Waals surface area contributed by atoms with E-state index in [9.17, 15) is 28.0 Å². The number of amides is 2. The monoisotopic (exact) mass is 917 g/mol. The summed E-state index contributed by atoms with van der Waals surface area (Å²) < 4.78 is 125. The van der Waals surface area contributed by atoms with E-state index in [0.717, 1.165) is 24.6 Å². The Morgan fingerprint density at radius 1 is 1.08 bits per heavy atom. The molecule has 2 bridgehead atoms. The van der Waals surface area contributed by atoms with E-state index in [1.165, 1.54) is 9.80 Å². The first-order valence-corrected chi connectivity index (χ1v) is 21.6. The molecule has 4 fully saturated rings. The zero-order chi connectivity index (χ0) is 46.3. The van der Waals surface area contributed by atoms with Crippen molar-refractivity contribution in [2.75, 3.05) is 43.0 Å². The highest BCUT2D eigenvalue weighted by Crippen LogP contribution is 2.49. The van der Waals surface area contributed by atoms with Gasteiger partial charge in [-0.05, 0) is 91.5 Å². The van der Waals surface area contributed by atoms with Crippen molar-refractivity contribution < 1.29 is 54.5 Å². The van der Waals surface area contributed by atoms with Gasteiger partial charge in [0.25, 0.3) is 12.5 Å². The molecule has 0 spiro atoms. The van der Waals surface area contributed by atoms with Crippen LogP contribution in [0.1, 0.15) is 91.2 Å². The van der Waals surface area contributed by atoms with E-state index in [1.807, 2.05) is 11.0 Å². The van der Waals surface area contributed by atoms with Crippen LogP contribution < -0.4 is 15.0 Å². The third-order valence-electron chi connectivity index (χ3n) is 12.1. The third kappa shape index (κ3) is 8.25. The van der Waals surface area contributed by atoms with Crippen molar-refractivity contribution in [3.05, 3.63) is 53.1 Å². The van der Waals surface area contributed by atoms with Crippen LogP contribution in [0.25, 0.3) is 32.1 Å². The maximum absolute atomic E-state index is 17.7. The number of anilines is 2. The molecule has 20 heteroatoms. The topological polar surface area (TPSA) is 133 Å². The van der Waals surface area contributed by atoms with Crippen molar-refractivity contribution in [1.29, 1.82) is 5.26 Å². The third-order valence-corrected chi connectivity index (χ3v) is 13.2. The number of piperazine rings is 1. The summed E-state index contributed by atoms with van der Waals surface area (Å²) in [5, 5.41) is 12.1. The lowest BCUT2D eigenvalue weighted by Gasteiger charge is -2.48. The van der Waals surface area contributed by atoms with Crippen molar-refractivity contribution in [3.8, 4) is 23.2 Å². The van der Waals surface area contributed by atoms with E-state index in [-0.39, 0.29) is 82.9 Å². The van der Waals surface area contributed by atoms with Gasteiger partial charge in [-0.15, -0.1) is 11.3 Å². The number of hydrogen-bond donors (Lipinski definition) is 1. The van der Waals surface area contributed by atoms with Gasteiger partial charge in [0.15, 0.2) is 5.82 Å². The molecule has 64 heavy (non-hydrogen) atoms. The fourth-order valence-electron chi connectivity index (χ4n) is 9.78. The number of thiophene rings is 1. The number of benzene rings is 2. The smallest absolute Gasteiger partial charge is 0.412 e. The molecule has 8 rings (SSSR count). The zero-order valence-corrected chi connectivity index (χ0v) is 36.7. The van der Waals surface area contributed by atoms with Crippen LogP contribution in [0.3, 0.4) is 0 Å². The Hall–Kier alpha value is -5.42. The van der Waals surface area contributed by atoms with E-state index in [4.69, 9.17) is 14.2 Å². The minimum atomic E-state index is -3.39. The molecule has 2 amide bonds. The van der Waals surface area contributed by atoms with Gasteiger partial charge >= 0.3 is 18.2 Å². The van der Waals surface area contributed by atoms with Gasteiger partial charge in [-0.2, -0.15) is 24.0 Å². The predicted molar refractivity (Wildman–Crippen MR) is 225 cm³/mol. The molecule has 342 valence electrons. The first kappa shape index (κ1) is 45.2. The number of carbonyl (C=O) groups is 2.